The molecule has 0 amide bonds. The largest absolute Gasteiger partial charge is 0.466 e. The van der Waals surface area contributed by atoms with Crippen molar-refractivity contribution in [2.75, 3.05) is 6.54 Å². The van der Waals surface area contributed by atoms with Crippen LogP contribution in [0.4, 0.5) is 0 Å². The standard InChI is InChI=1S/C18H22BrNO/c1-2-11-20-17(18-16(19)10-12-21-18)15-9-5-7-13-6-3-4-8-14(13)15/h3-4,6,8,10,12,15,17,20H,2,5,7,9,11H2,1H3. The molecule has 1 heterocycles. The molecule has 2 nitrogen and oxygen atoms in total. The summed E-state index contributed by atoms with van der Waals surface area (Å²) in [6.45, 7) is 3.21. The Bertz CT molecular complexity index is 592. The van der Waals surface area contributed by atoms with Gasteiger partial charge in [-0.2, -0.15) is 0 Å². The molecule has 3 rings (SSSR count). The molecule has 0 saturated heterocycles. The van der Waals surface area contributed by atoms with E-state index in [9.17, 15) is 0 Å². The Labute approximate surface area is 135 Å². The van der Waals surface area contributed by atoms with Crippen LogP contribution in [0.15, 0.2) is 45.5 Å². The van der Waals surface area contributed by atoms with Crippen LogP contribution in [0, 0.1) is 0 Å². The summed E-state index contributed by atoms with van der Waals surface area (Å²) >= 11 is 3.63. The number of rotatable bonds is 5. The Hall–Kier alpha value is -1.06. The molecule has 21 heavy (non-hydrogen) atoms. The number of halogens is 1. The molecule has 1 aliphatic rings. The number of aryl methyl sites for hydroxylation is 1. The molecular weight excluding hydrogens is 326 g/mol. The van der Waals surface area contributed by atoms with Crippen molar-refractivity contribution in [3.05, 3.63) is 58.0 Å². The number of nitrogens with one attached hydrogen (secondary N) is 1. The molecule has 1 N–H and O–H groups in total. The van der Waals surface area contributed by atoms with Crippen molar-refractivity contribution in [1.82, 2.24) is 5.32 Å². The maximum absolute atomic E-state index is 5.78. The van der Waals surface area contributed by atoms with Gasteiger partial charge in [0.15, 0.2) is 0 Å². The first-order chi connectivity index (χ1) is 10.3. The van der Waals surface area contributed by atoms with Gasteiger partial charge >= 0.3 is 0 Å². The average molecular weight is 348 g/mol. The van der Waals surface area contributed by atoms with E-state index in [-0.39, 0.29) is 6.04 Å². The molecule has 0 saturated carbocycles. The maximum Gasteiger partial charge on any atom is 0.135 e. The summed E-state index contributed by atoms with van der Waals surface area (Å²) in [5.41, 5.74) is 2.99. The van der Waals surface area contributed by atoms with Gasteiger partial charge in [-0.05, 0) is 65.4 Å². The quantitative estimate of drug-likeness (QED) is 0.803. The Kier molecular flexibility index (Phi) is 4.81. The first-order valence-electron chi connectivity index (χ1n) is 7.85. The minimum Gasteiger partial charge on any atom is -0.466 e. The van der Waals surface area contributed by atoms with Gasteiger partial charge in [-0.25, -0.2) is 0 Å². The van der Waals surface area contributed by atoms with Crippen LogP contribution < -0.4 is 5.32 Å². The zero-order chi connectivity index (χ0) is 14.7. The second-order valence-corrected chi connectivity index (χ2v) is 6.62. The van der Waals surface area contributed by atoms with E-state index in [1.54, 1.807) is 6.26 Å². The molecule has 0 radical (unpaired) electrons. The predicted octanol–water partition coefficient (Wildman–Crippen LogP) is 5.20. The third-order valence-electron chi connectivity index (χ3n) is 4.36. The molecule has 1 aromatic carbocycles. The van der Waals surface area contributed by atoms with Crippen molar-refractivity contribution in [1.29, 1.82) is 0 Å². The van der Waals surface area contributed by atoms with Crippen LogP contribution in [0.3, 0.4) is 0 Å². The van der Waals surface area contributed by atoms with Crippen LogP contribution in [0.25, 0.3) is 0 Å². The van der Waals surface area contributed by atoms with Crippen molar-refractivity contribution >= 4 is 15.9 Å². The van der Waals surface area contributed by atoms with Crippen LogP contribution >= 0.6 is 15.9 Å². The first kappa shape index (κ1) is 14.9. The molecule has 0 aliphatic heterocycles. The Morgan fingerprint density at radius 3 is 2.95 bits per heavy atom. The molecule has 1 aromatic heterocycles. The predicted molar refractivity (Wildman–Crippen MR) is 89.6 cm³/mol. The average Bonchev–Trinajstić information content (AvgIpc) is 2.94. The van der Waals surface area contributed by atoms with E-state index < -0.39 is 0 Å². The third-order valence-corrected chi connectivity index (χ3v) is 5.01. The molecule has 0 spiro atoms. The van der Waals surface area contributed by atoms with Crippen molar-refractivity contribution in [3.8, 4) is 0 Å². The molecular formula is C18H22BrNO. The fourth-order valence-corrected chi connectivity index (χ4v) is 3.83. The van der Waals surface area contributed by atoms with Gasteiger partial charge in [-0.1, -0.05) is 31.2 Å². The molecule has 2 aromatic rings. The van der Waals surface area contributed by atoms with E-state index in [1.807, 2.05) is 6.07 Å². The minimum atomic E-state index is 0.246. The summed E-state index contributed by atoms with van der Waals surface area (Å²) in [6.07, 6.45) is 6.57. The highest BCUT2D eigenvalue weighted by Crippen LogP contribution is 2.42. The highest BCUT2D eigenvalue weighted by molar-refractivity contribution is 9.10. The Morgan fingerprint density at radius 2 is 2.19 bits per heavy atom. The van der Waals surface area contributed by atoms with Gasteiger partial charge in [-0.3, -0.25) is 0 Å². The lowest BCUT2D eigenvalue weighted by Crippen LogP contribution is -2.30. The summed E-state index contributed by atoms with van der Waals surface area (Å²) in [6, 6.07) is 11.1. The van der Waals surface area contributed by atoms with Crippen molar-refractivity contribution in [2.24, 2.45) is 0 Å². The van der Waals surface area contributed by atoms with Crippen molar-refractivity contribution < 1.29 is 4.42 Å². The third kappa shape index (κ3) is 3.09. The van der Waals surface area contributed by atoms with Crippen LogP contribution in [-0.4, -0.2) is 6.54 Å². The van der Waals surface area contributed by atoms with Gasteiger partial charge in [0.1, 0.15) is 5.76 Å². The summed E-state index contributed by atoms with van der Waals surface area (Å²) in [7, 11) is 0. The maximum atomic E-state index is 5.78. The second-order valence-electron chi connectivity index (χ2n) is 5.76. The first-order valence-corrected chi connectivity index (χ1v) is 8.64. The van der Waals surface area contributed by atoms with E-state index in [4.69, 9.17) is 4.42 Å². The lowest BCUT2D eigenvalue weighted by molar-refractivity contribution is 0.340. The van der Waals surface area contributed by atoms with Gasteiger partial charge in [0.05, 0.1) is 16.8 Å². The summed E-state index contributed by atoms with van der Waals surface area (Å²) in [5.74, 6) is 1.52. The Morgan fingerprint density at radius 1 is 1.33 bits per heavy atom. The van der Waals surface area contributed by atoms with E-state index in [1.165, 1.54) is 30.4 Å². The highest BCUT2D eigenvalue weighted by atomic mass is 79.9. The smallest absolute Gasteiger partial charge is 0.135 e. The fourth-order valence-electron chi connectivity index (χ4n) is 3.38. The molecule has 0 bridgehead atoms. The molecule has 2 unspecified atom stereocenters. The summed E-state index contributed by atoms with van der Waals surface area (Å²) < 4.78 is 6.85. The fraction of sp³-hybridized carbons (Fsp3) is 0.444. The van der Waals surface area contributed by atoms with Gasteiger partial charge in [-0.15, -0.1) is 0 Å². The van der Waals surface area contributed by atoms with Crippen LogP contribution in [0.1, 0.15) is 55.0 Å². The van der Waals surface area contributed by atoms with Crippen LogP contribution in [0.5, 0.6) is 0 Å². The summed E-state index contributed by atoms with van der Waals surface area (Å²) in [5, 5.41) is 3.70. The van der Waals surface area contributed by atoms with E-state index in [0.717, 1.165) is 23.2 Å². The van der Waals surface area contributed by atoms with Gasteiger partial charge < -0.3 is 9.73 Å². The number of furan rings is 1. The zero-order valence-corrected chi connectivity index (χ0v) is 14.0. The Balaban J connectivity index is 1.96. The number of fused-ring (bicyclic) bond motifs is 1. The highest BCUT2D eigenvalue weighted by Gasteiger charge is 2.31. The van der Waals surface area contributed by atoms with Gasteiger partial charge in [0.25, 0.3) is 0 Å². The second kappa shape index (κ2) is 6.80. The minimum absolute atomic E-state index is 0.246. The number of benzene rings is 1. The molecule has 3 heteroatoms. The molecule has 1 aliphatic carbocycles. The van der Waals surface area contributed by atoms with Gasteiger partial charge in [0.2, 0.25) is 0 Å². The summed E-state index contributed by atoms with van der Waals surface area (Å²) in [4.78, 5) is 0. The lowest BCUT2D eigenvalue weighted by Gasteiger charge is -2.32. The lowest BCUT2D eigenvalue weighted by atomic mass is 9.78. The van der Waals surface area contributed by atoms with Crippen LogP contribution in [0.2, 0.25) is 0 Å². The zero-order valence-electron chi connectivity index (χ0n) is 12.4. The van der Waals surface area contributed by atoms with E-state index in [0.29, 0.717) is 5.92 Å². The SMILES string of the molecule is CCCNC(c1occc1Br)C1CCCc2ccccc21. The van der Waals surface area contributed by atoms with Crippen LogP contribution in [-0.2, 0) is 6.42 Å². The molecule has 2 atom stereocenters. The monoisotopic (exact) mass is 347 g/mol. The van der Waals surface area contributed by atoms with E-state index >= 15 is 0 Å². The molecule has 0 fully saturated rings. The number of hydrogen-bond acceptors (Lipinski definition) is 2. The topological polar surface area (TPSA) is 25.2 Å². The van der Waals surface area contributed by atoms with Crippen molar-refractivity contribution in [2.45, 2.75) is 44.6 Å². The van der Waals surface area contributed by atoms with Crippen molar-refractivity contribution in [3.63, 3.8) is 0 Å². The molecule has 112 valence electrons. The van der Waals surface area contributed by atoms with Gasteiger partial charge in [0, 0.05) is 5.92 Å². The normalized spacial score (nSPS) is 19.2. The number of hydrogen-bond donors (Lipinski definition) is 1. The van der Waals surface area contributed by atoms with E-state index in [2.05, 4.69) is 52.4 Å².